The van der Waals surface area contributed by atoms with Crippen LogP contribution in [0.4, 0.5) is 21.5 Å². The van der Waals surface area contributed by atoms with Crippen molar-refractivity contribution < 1.29 is 14.1 Å². The Balaban J connectivity index is 1.94. The predicted molar refractivity (Wildman–Crippen MR) is 102 cm³/mol. The normalized spacial score (nSPS) is 19.6. The number of anilines is 1. The molecule has 1 fully saturated rings. The summed E-state index contributed by atoms with van der Waals surface area (Å²) in [6.45, 7) is 1.42. The minimum absolute atomic E-state index is 0.141. The van der Waals surface area contributed by atoms with Crippen molar-refractivity contribution in [3.8, 4) is 0 Å². The Morgan fingerprint density at radius 3 is 2.54 bits per heavy atom. The number of non-ortho nitro benzene ring substituents is 1. The van der Waals surface area contributed by atoms with E-state index in [2.05, 4.69) is 4.99 Å². The zero-order chi connectivity index (χ0) is 20.0. The minimum atomic E-state index is -0.543. The van der Waals surface area contributed by atoms with E-state index >= 15 is 0 Å². The maximum absolute atomic E-state index is 13.5. The molecule has 0 spiro atoms. The summed E-state index contributed by atoms with van der Waals surface area (Å²) in [5.74, 6) is -0.180. The summed E-state index contributed by atoms with van der Waals surface area (Å²) in [6.07, 6.45) is -0.511. The van der Waals surface area contributed by atoms with E-state index < -0.39 is 22.8 Å². The van der Waals surface area contributed by atoms with Gasteiger partial charge in [0.15, 0.2) is 0 Å². The molecule has 1 saturated heterocycles. The summed E-state index contributed by atoms with van der Waals surface area (Å²) >= 11 is 0. The Morgan fingerprint density at radius 1 is 1.14 bits per heavy atom. The van der Waals surface area contributed by atoms with E-state index in [1.807, 2.05) is 23.9 Å². The standard InChI is InChI=1S/C19H18FN5O3/c1-22-9-10-23(2)18-17(22)21-16-8-7-14(25(27)28)11-15(16)19(26)24(18)13-5-3-12(20)4-6-13/h3-8,11,18H,9-10H2,1-2H3. The number of nitro benzene ring substituents is 1. The lowest BCUT2D eigenvalue weighted by Gasteiger charge is -2.44. The number of likely N-dealkylation sites (N-methyl/N-ethyl adjacent to an activating group) is 2. The Bertz CT molecular complexity index is 992. The number of fused-ring (bicyclic) bond motifs is 2. The average molecular weight is 383 g/mol. The summed E-state index contributed by atoms with van der Waals surface area (Å²) < 4.78 is 13.5. The van der Waals surface area contributed by atoms with Gasteiger partial charge in [0.25, 0.3) is 11.6 Å². The molecule has 4 rings (SSSR count). The molecule has 2 aliphatic rings. The second-order valence-electron chi connectivity index (χ2n) is 6.86. The topological polar surface area (TPSA) is 82.3 Å². The van der Waals surface area contributed by atoms with Gasteiger partial charge in [0.05, 0.1) is 16.2 Å². The number of hydrogen-bond donors (Lipinski definition) is 0. The summed E-state index contributed by atoms with van der Waals surface area (Å²) in [5.41, 5.74) is 0.827. The quantitative estimate of drug-likeness (QED) is 0.588. The molecule has 1 unspecified atom stereocenters. The molecule has 8 nitrogen and oxygen atoms in total. The largest absolute Gasteiger partial charge is 0.359 e. The molecule has 1 atom stereocenters. The molecule has 0 N–H and O–H groups in total. The molecule has 0 aromatic heterocycles. The van der Waals surface area contributed by atoms with Crippen molar-refractivity contribution in [3.63, 3.8) is 0 Å². The molecular formula is C19H18FN5O3. The first-order valence-corrected chi connectivity index (χ1v) is 8.74. The molecule has 1 amide bonds. The third-order valence-electron chi connectivity index (χ3n) is 5.05. The third kappa shape index (κ3) is 2.89. The zero-order valence-corrected chi connectivity index (χ0v) is 15.4. The van der Waals surface area contributed by atoms with Crippen LogP contribution in [0.3, 0.4) is 0 Å². The lowest BCUT2D eigenvalue weighted by atomic mass is 10.1. The Kier molecular flexibility index (Phi) is 4.31. The van der Waals surface area contributed by atoms with Gasteiger partial charge < -0.3 is 4.90 Å². The second-order valence-corrected chi connectivity index (χ2v) is 6.86. The van der Waals surface area contributed by atoms with Crippen LogP contribution in [0.25, 0.3) is 0 Å². The maximum Gasteiger partial charge on any atom is 0.270 e. The van der Waals surface area contributed by atoms with Gasteiger partial charge >= 0.3 is 0 Å². The molecule has 28 heavy (non-hydrogen) atoms. The molecule has 2 aromatic rings. The molecule has 0 radical (unpaired) electrons. The number of piperazine rings is 1. The van der Waals surface area contributed by atoms with Crippen LogP contribution in [0, 0.1) is 15.9 Å². The van der Waals surface area contributed by atoms with Gasteiger partial charge in [0, 0.05) is 38.0 Å². The molecule has 0 bridgehead atoms. The van der Waals surface area contributed by atoms with Crippen LogP contribution < -0.4 is 4.90 Å². The van der Waals surface area contributed by atoms with Gasteiger partial charge in [-0.3, -0.25) is 24.7 Å². The third-order valence-corrected chi connectivity index (χ3v) is 5.05. The van der Waals surface area contributed by atoms with Crippen LogP contribution in [-0.2, 0) is 0 Å². The van der Waals surface area contributed by atoms with Gasteiger partial charge in [-0.25, -0.2) is 9.38 Å². The van der Waals surface area contributed by atoms with Crippen LogP contribution in [-0.4, -0.2) is 59.8 Å². The molecule has 2 heterocycles. The molecule has 2 aliphatic heterocycles. The SMILES string of the molecule is CN1CCN(C)C2C1=Nc1ccc([N+](=O)[O-])cc1C(=O)N2c1ccc(F)cc1. The van der Waals surface area contributed by atoms with Gasteiger partial charge in [0.1, 0.15) is 17.8 Å². The minimum Gasteiger partial charge on any atom is -0.359 e. The number of aliphatic imine (C=N–C) groups is 1. The van der Waals surface area contributed by atoms with Crippen LogP contribution in [0.15, 0.2) is 47.5 Å². The smallest absolute Gasteiger partial charge is 0.270 e. The van der Waals surface area contributed by atoms with E-state index in [1.54, 1.807) is 0 Å². The first-order valence-electron chi connectivity index (χ1n) is 8.74. The first kappa shape index (κ1) is 18.1. The van der Waals surface area contributed by atoms with Crippen molar-refractivity contribution >= 4 is 28.8 Å². The monoisotopic (exact) mass is 383 g/mol. The predicted octanol–water partition coefficient (Wildman–Crippen LogP) is 2.63. The maximum atomic E-state index is 13.5. The van der Waals surface area contributed by atoms with Crippen molar-refractivity contribution in [2.75, 3.05) is 32.1 Å². The van der Waals surface area contributed by atoms with E-state index in [1.165, 1.54) is 47.4 Å². The molecule has 0 aliphatic carbocycles. The Hall–Kier alpha value is -3.33. The van der Waals surface area contributed by atoms with Crippen LogP contribution in [0.5, 0.6) is 0 Å². The Labute approximate surface area is 160 Å². The number of nitrogens with zero attached hydrogens (tertiary/aromatic N) is 5. The van der Waals surface area contributed by atoms with Gasteiger partial charge in [-0.1, -0.05) is 0 Å². The summed E-state index contributed by atoms with van der Waals surface area (Å²) in [6, 6.07) is 9.69. The van der Waals surface area contributed by atoms with E-state index in [-0.39, 0.29) is 11.3 Å². The molecular weight excluding hydrogens is 365 g/mol. The fourth-order valence-corrected chi connectivity index (χ4v) is 3.53. The Morgan fingerprint density at radius 2 is 1.86 bits per heavy atom. The number of carbonyl (C=O) groups excluding carboxylic acids is 1. The summed E-state index contributed by atoms with van der Waals surface area (Å²) in [7, 11) is 3.78. The highest BCUT2D eigenvalue weighted by Crippen LogP contribution is 2.34. The number of hydrogen-bond acceptors (Lipinski definition) is 6. The van der Waals surface area contributed by atoms with Gasteiger partial charge in [0.2, 0.25) is 0 Å². The molecule has 0 saturated carbocycles. The van der Waals surface area contributed by atoms with Crippen molar-refractivity contribution in [3.05, 3.63) is 64.0 Å². The van der Waals surface area contributed by atoms with Gasteiger partial charge in [-0.15, -0.1) is 0 Å². The summed E-state index contributed by atoms with van der Waals surface area (Å²) in [4.78, 5) is 34.3. The van der Waals surface area contributed by atoms with E-state index in [0.717, 1.165) is 6.54 Å². The van der Waals surface area contributed by atoms with Gasteiger partial charge in [-0.05, 0) is 37.4 Å². The lowest BCUT2D eigenvalue weighted by Crippen LogP contribution is -2.62. The number of carbonyl (C=O) groups is 1. The fraction of sp³-hybridized carbons (Fsp3) is 0.263. The van der Waals surface area contributed by atoms with Crippen molar-refractivity contribution in [1.82, 2.24) is 9.80 Å². The number of amides is 1. The van der Waals surface area contributed by atoms with Crippen molar-refractivity contribution in [2.24, 2.45) is 4.99 Å². The molecule has 144 valence electrons. The van der Waals surface area contributed by atoms with Crippen LogP contribution >= 0.6 is 0 Å². The van der Waals surface area contributed by atoms with Gasteiger partial charge in [-0.2, -0.15) is 0 Å². The highest BCUT2D eigenvalue weighted by Gasteiger charge is 2.41. The molecule has 9 heteroatoms. The highest BCUT2D eigenvalue weighted by atomic mass is 19.1. The zero-order valence-electron chi connectivity index (χ0n) is 15.4. The number of nitro groups is 1. The van der Waals surface area contributed by atoms with Crippen LogP contribution in [0.1, 0.15) is 10.4 Å². The molecule has 2 aromatic carbocycles. The average Bonchev–Trinajstić information content (AvgIpc) is 2.80. The number of rotatable bonds is 2. The van der Waals surface area contributed by atoms with E-state index in [4.69, 9.17) is 0 Å². The number of amidine groups is 1. The number of benzene rings is 2. The van der Waals surface area contributed by atoms with Crippen molar-refractivity contribution in [1.29, 1.82) is 0 Å². The van der Waals surface area contributed by atoms with E-state index in [9.17, 15) is 19.3 Å². The fourth-order valence-electron chi connectivity index (χ4n) is 3.53. The van der Waals surface area contributed by atoms with E-state index in [0.29, 0.717) is 23.8 Å². The van der Waals surface area contributed by atoms with Crippen molar-refractivity contribution in [2.45, 2.75) is 6.17 Å². The second kappa shape index (κ2) is 6.68. The number of halogens is 1. The highest BCUT2D eigenvalue weighted by molar-refractivity contribution is 6.15. The van der Waals surface area contributed by atoms with Crippen LogP contribution in [0.2, 0.25) is 0 Å². The lowest BCUT2D eigenvalue weighted by molar-refractivity contribution is -0.384. The first-order chi connectivity index (χ1) is 13.4. The summed E-state index contributed by atoms with van der Waals surface area (Å²) in [5, 5.41) is 11.2.